The lowest BCUT2D eigenvalue weighted by Crippen LogP contribution is -2.30. The first-order valence-electron chi connectivity index (χ1n) is 7.27. The van der Waals surface area contributed by atoms with Gasteiger partial charge in [0.15, 0.2) is 0 Å². The second-order valence-corrected chi connectivity index (χ2v) is 9.58. The summed E-state index contributed by atoms with van der Waals surface area (Å²) in [4.78, 5) is 39.8. The van der Waals surface area contributed by atoms with Gasteiger partial charge in [0.2, 0.25) is 0 Å². The summed E-state index contributed by atoms with van der Waals surface area (Å²) in [5, 5.41) is 0. The Balaban J connectivity index is 3.06. The molecule has 1 aromatic carbocycles. The van der Waals surface area contributed by atoms with Crippen molar-refractivity contribution in [2.45, 2.75) is 18.5 Å². The summed E-state index contributed by atoms with van der Waals surface area (Å²) in [5.74, 6) is -0.793. The van der Waals surface area contributed by atoms with E-state index in [1.54, 1.807) is 43.3 Å². The van der Waals surface area contributed by atoms with Crippen LogP contribution in [0.1, 0.15) is 12.0 Å². The van der Waals surface area contributed by atoms with Crippen LogP contribution < -0.4 is 0 Å². The van der Waals surface area contributed by atoms with Gasteiger partial charge in [-0.2, -0.15) is 0 Å². The number of nitrogens with zero attached hydrogens (tertiary/aromatic N) is 1. The lowest BCUT2D eigenvalue weighted by molar-refractivity contribution is 0.304. The average Bonchev–Trinajstić information content (AvgIpc) is 2.36. The molecule has 2 unspecified atom stereocenters. The standard InChI is InChI=1S/C14H25NO6P2/c1-15(2)9-8-14(23(19,20)21)13(11-22(16,17)18)10-12-6-4-3-5-7-12/h3-7,13-14H,8-11H2,1-2H3,(H2,16,17,18)(H2,19,20,21). The van der Waals surface area contributed by atoms with Crippen LogP contribution in [-0.2, 0) is 15.6 Å². The summed E-state index contributed by atoms with van der Waals surface area (Å²) in [6, 6.07) is 8.96. The average molecular weight is 365 g/mol. The molecule has 0 aromatic heterocycles. The van der Waals surface area contributed by atoms with Gasteiger partial charge in [0.25, 0.3) is 0 Å². The maximum atomic E-state index is 11.9. The molecular formula is C14H25NO6P2. The van der Waals surface area contributed by atoms with Crippen LogP contribution in [0.2, 0.25) is 0 Å². The smallest absolute Gasteiger partial charge is 0.324 e. The molecule has 0 amide bonds. The highest BCUT2D eigenvalue weighted by atomic mass is 31.2. The highest BCUT2D eigenvalue weighted by Gasteiger charge is 2.39. The van der Waals surface area contributed by atoms with Gasteiger partial charge >= 0.3 is 15.2 Å². The molecule has 0 radical (unpaired) electrons. The molecule has 9 heteroatoms. The molecule has 132 valence electrons. The molecule has 0 fully saturated rings. The van der Waals surface area contributed by atoms with Gasteiger partial charge in [-0.3, -0.25) is 9.13 Å². The maximum absolute atomic E-state index is 11.9. The van der Waals surface area contributed by atoms with Crippen molar-refractivity contribution in [3.63, 3.8) is 0 Å². The molecule has 0 saturated heterocycles. The van der Waals surface area contributed by atoms with E-state index < -0.39 is 32.9 Å². The minimum absolute atomic E-state index is 0.175. The Morgan fingerprint density at radius 3 is 2.04 bits per heavy atom. The van der Waals surface area contributed by atoms with Crippen LogP contribution in [0.5, 0.6) is 0 Å². The van der Waals surface area contributed by atoms with Crippen molar-refractivity contribution in [1.29, 1.82) is 0 Å². The van der Waals surface area contributed by atoms with Gasteiger partial charge in [-0.25, -0.2) is 0 Å². The Hall–Kier alpha value is -0.520. The van der Waals surface area contributed by atoms with Crippen LogP contribution in [-0.4, -0.2) is 56.9 Å². The van der Waals surface area contributed by atoms with Crippen LogP contribution >= 0.6 is 15.2 Å². The van der Waals surface area contributed by atoms with Crippen molar-refractivity contribution in [3.8, 4) is 0 Å². The third-order valence-electron chi connectivity index (χ3n) is 3.66. The highest BCUT2D eigenvalue weighted by Crippen LogP contribution is 2.51. The van der Waals surface area contributed by atoms with Crippen molar-refractivity contribution >= 4 is 15.2 Å². The monoisotopic (exact) mass is 365 g/mol. The fourth-order valence-corrected chi connectivity index (χ4v) is 4.99. The summed E-state index contributed by atoms with van der Waals surface area (Å²) < 4.78 is 23.3. The predicted molar refractivity (Wildman–Crippen MR) is 89.6 cm³/mol. The van der Waals surface area contributed by atoms with Gasteiger partial charge in [-0.15, -0.1) is 0 Å². The second-order valence-electron chi connectivity index (χ2n) is 6.05. The molecule has 0 aliphatic rings. The van der Waals surface area contributed by atoms with E-state index in [0.717, 1.165) is 5.56 Å². The summed E-state index contributed by atoms with van der Waals surface area (Å²) in [6.45, 7) is 0.433. The molecule has 0 aliphatic carbocycles. The Morgan fingerprint density at radius 2 is 1.61 bits per heavy atom. The van der Waals surface area contributed by atoms with E-state index in [1.807, 2.05) is 6.07 Å². The normalized spacial score (nSPS) is 15.6. The Bertz CT molecular complexity index is 568. The van der Waals surface area contributed by atoms with E-state index in [-0.39, 0.29) is 12.8 Å². The van der Waals surface area contributed by atoms with Gasteiger partial charge in [0.05, 0.1) is 11.8 Å². The fourth-order valence-electron chi connectivity index (χ4n) is 2.61. The van der Waals surface area contributed by atoms with Gasteiger partial charge in [0.1, 0.15) is 0 Å². The van der Waals surface area contributed by atoms with E-state index in [4.69, 9.17) is 0 Å². The van der Waals surface area contributed by atoms with Crippen LogP contribution in [0.4, 0.5) is 0 Å². The van der Waals surface area contributed by atoms with E-state index >= 15 is 0 Å². The fraction of sp³-hybridized carbons (Fsp3) is 0.571. The quantitative estimate of drug-likeness (QED) is 0.490. The van der Waals surface area contributed by atoms with Gasteiger partial charge in [0, 0.05) is 0 Å². The zero-order chi connectivity index (χ0) is 17.7. The summed E-state index contributed by atoms with van der Waals surface area (Å²) in [5.41, 5.74) is -0.285. The topological polar surface area (TPSA) is 118 Å². The van der Waals surface area contributed by atoms with Crippen LogP contribution in [0, 0.1) is 5.92 Å². The lowest BCUT2D eigenvalue weighted by Gasteiger charge is -2.29. The van der Waals surface area contributed by atoms with E-state index in [2.05, 4.69) is 0 Å². The van der Waals surface area contributed by atoms with Crippen LogP contribution in [0.15, 0.2) is 30.3 Å². The van der Waals surface area contributed by atoms with E-state index in [1.165, 1.54) is 0 Å². The molecule has 0 bridgehead atoms. The SMILES string of the molecule is CN(C)CCC(C(Cc1ccccc1)CP(=O)(O)O)P(=O)(O)O. The Morgan fingerprint density at radius 1 is 1.04 bits per heavy atom. The van der Waals surface area contributed by atoms with Crippen molar-refractivity contribution in [2.24, 2.45) is 5.92 Å². The molecule has 0 saturated carbocycles. The summed E-state index contributed by atoms with van der Waals surface area (Å²) >= 11 is 0. The molecule has 1 aromatic rings. The summed E-state index contributed by atoms with van der Waals surface area (Å²) in [7, 11) is -5.30. The number of rotatable bonds is 9. The maximum Gasteiger partial charge on any atom is 0.328 e. The predicted octanol–water partition coefficient (Wildman–Crippen LogP) is 1.52. The van der Waals surface area contributed by atoms with Gasteiger partial charge in [-0.1, -0.05) is 30.3 Å². The molecule has 0 spiro atoms. The van der Waals surface area contributed by atoms with Gasteiger partial charge < -0.3 is 24.5 Å². The van der Waals surface area contributed by atoms with Crippen molar-refractivity contribution < 1.29 is 28.7 Å². The van der Waals surface area contributed by atoms with Crippen molar-refractivity contribution in [1.82, 2.24) is 4.90 Å². The molecule has 1 rings (SSSR count). The van der Waals surface area contributed by atoms with Crippen molar-refractivity contribution in [2.75, 3.05) is 26.8 Å². The first kappa shape index (κ1) is 20.5. The largest absolute Gasteiger partial charge is 0.328 e. The van der Waals surface area contributed by atoms with E-state index in [0.29, 0.717) is 6.54 Å². The zero-order valence-electron chi connectivity index (χ0n) is 13.3. The third kappa shape index (κ3) is 8.23. The molecule has 2 atom stereocenters. The Kier molecular flexibility index (Phi) is 7.62. The van der Waals surface area contributed by atoms with Crippen molar-refractivity contribution in [3.05, 3.63) is 35.9 Å². The Labute approximate surface area is 136 Å². The second kappa shape index (κ2) is 8.54. The first-order chi connectivity index (χ1) is 10.5. The minimum atomic E-state index is -4.48. The minimum Gasteiger partial charge on any atom is -0.324 e. The lowest BCUT2D eigenvalue weighted by atomic mass is 9.95. The molecule has 0 heterocycles. The molecular weight excluding hydrogens is 340 g/mol. The number of benzene rings is 1. The number of hydrogen-bond acceptors (Lipinski definition) is 3. The molecule has 0 aliphatic heterocycles. The molecule has 4 N–H and O–H groups in total. The van der Waals surface area contributed by atoms with Crippen LogP contribution in [0.3, 0.4) is 0 Å². The molecule has 7 nitrogen and oxygen atoms in total. The number of hydrogen-bond donors (Lipinski definition) is 4. The molecule has 23 heavy (non-hydrogen) atoms. The van der Waals surface area contributed by atoms with Gasteiger partial charge in [-0.05, 0) is 45.0 Å². The first-order valence-corrected chi connectivity index (χ1v) is 10.8. The third-order valence-corrected chi connectivity index (χ3v) is 6.15. The van der Waals surface area contributed by atoms with Crippen LogP contribution in [0.25, 0.3) is 0 Å². The van der Waals surface area contributed by atoms with E-state index in [9.17, 15) is 28.7 Å². The summed E-state index contributed by atoms with van der Waals surface area (Å²) in [6.07, 6.45) is -0.144. The highest BCUT2D eigenvalue weighted by molar-refractivity contribution is 7.53. The zero-order valence-corrected chi connectivity index (χ0v) is 15.1.